The number of hydrogen-bond donors (Lipinski definition) is 1. The van der Waals surface area contributed by atoms with Crippen LogP contribution in [0.5, 0.6) is 5.75 Å². The number of halogens is 1. The number of rotatable bonds is 6. The van der Waals surface area contributed by atoms with E-state index in [2.05, 4.69) is 41.2 Å². The normalized spacial score (nSPS) is 22.7. The molecular weight excluding hydrogens is 306 g/mol. The summed E-state index contributed by atoms with van der Waals surface area (Å²) in [5.74, 6) is 0.937. The first-order valence-electron chi connectivity index (χ1n) is 6.97. The van der Waals surface area contributed by atoms with Crippen LogP contribution in [0.4, 0.5) is 0 Å². The van der Waals surface area contributed by atoms with Crippen molar-refractivity contribution in [3.8, 4) is 5.75 Å². The van der Waals surface area contributed by atoms with Crippen molar-refractivity contribution in [2.75, 3.05) is 13.2 Å². The van der Waals surface area contributed by atoms with E-state index in [1.54, 1.807) is 0 Å². The third kappa shape index (κ3) is 4.20. The second-order valence-corrected chi connectivity index (χ2v) is 5.82. The highest BCUT2D eigenvalue weighted by molar-refractivity contribution is 9.10. The van der Waals surface area contributed by atoms with Gasteiger partial charge in [0.15, 0.2) is 0 Å². The molecule has 2 atom stereocenters. The Labute approximate surface area is 123 Å². The summed E-state index contributed by atoms with van der Waals surface area (Å²) in [4.78, 5) is 0. The molecule has 1 aliphatic rings. The molecular formula is C15H22BrNO2. The van der Waals surface area contributed by atoms with E-state index >= 15 is 0 Å². The molecule has 1 heterocycles. The summed E-state index contributed by atoms with van der Waals surface area (Å²) in [6, 6.07) is 6.15. The van der Waals surface area contributed by atoms with Gasteiger partial charge in [0.05, 0.1) is 16.7 Å². The Balaban J connectivity index is 1.97. The van der Waals surface area contributed by atoms with Gasteiger partial charge >= 0.3 is 0 Å². The smallest absolute Gasteiger partial charge is 0.138 e. The van der Waals surface area contributed by atoms with Gasteiger partial charge in [0.2, 0.25) is 0 Å². The first kappa shape index (κ1) is 14.8. The lowest BCUT2D eigenvalue weighted by Gasteiger charge is -2.17. The molecule has 1 N–H and O–H groups in total. The van der Waals surface area contributed by atoms with Crippen LogP contribution in [0.25, 0.3) is 0 Å². The number of ether oxygens (including phenoxy) is 2. The third-order valence-corrected chi connectivity index (χ3v) is 3.97. The van der Waals surface area contributed by atoms with Crippen LogP contribution in [0.2, 0.25) is 0 Å². The molecule has 0 aliphatic carbocycles. The van der Waals surface area contributed by atoms with Crippen molar-refractivity contribution in [1.82, 2.24) is 5.32 Å². The zero-order valence-electron chi connectivity index (χ0n) is 11.6. The van der Waals surface area contributed by atoms with E-state index in [1.165, 1.54) is 5.56 Å². The minimum Gasteiger partial charge on any atom is -0.489 e. The van der Waals surface area contributed by atoms with Gasteiger partial charge < -0.3 is 14.8 Å². The molecule has 106 valence electrons. The van der Waals surface area contributed by atoms with Gasteiger partial charge in [-0.1, -0.05) is 19.1 Å². The molecule has 0 amide bonds. The van der Waals surface area contributed by atoms with Crippen LogP contribution in [0.1, 0.15) is 32.3 Å². The maximum Gasteiger partial charge on any atom is 0.138 e. The van der Waals surface area contributed by atoms with Gasteiger partial charge in [-0.15, -0.1) is 0 Å². The fourth-order valence-corrected chi connectivity index (χ4v) is 2.82. The van der Waals surface area contributed by atoms with Crippen molar-refractivity contribution in [3.05, 3.63) is 28.2 Å². The number of para-hydroxylation sites is 1. The zero-order chi connectivity index (χ0) is 13.7. The summed E-state index contributed by atoms with van der Waals surface area (Å²) in [5.41, 5.74) is 1.18. The predicted octanol–water partition coefficient (Wildman–Crippen LogP) is 3.50. The second-order valence-electron chi connectivity index (χ2n) is 4.97. The zero-order valence-corrected chi connectivity index (χ0v) is 13.2. The Morgan fingerprint density at radius 3 is 2.95 bits per heavy atom. The molecule has 0 bridgehead atoms. The minimum absolute atomic E-state index is 0.231. The van der Waals surface area contributed by atoms with Crippen molar-refractivity contribution in [2.45, 2.75) is 45.4 Å². The third-order valence-electron chi connectivity index (χ3n) is 3.35. The highest BCUT2D eigenvalue weighted by Crippen LogP contribution is 2.30. The lowest BCUT2D eigenvalue weighted by molar-refractivity contribution is 0.0260. The van der Waals surface area contributed by atoms with Crippen LogP contribution in [0.3, 0.4) is 0 Å². The first-order valence-corrected chi connectivity index (χ1v) is 7.76. The maximum atomic E-state index is 5.99. The summed E-state index contributed by atoms with van der Waals surface area (Å²) < 4.78 is 12.8. The monoisotopic (exact) mass is 327 g/mol. The Bertz CT molecular complexity index is 411. The molecule has 1 aliphatic heterocycles. The van der Waals surface area contributed by atoms with E-state index in [0.29, 0.717) is 12.7 Å². The molecule has 1 fully saturated rings. The molecule has 0 saturated carbocycles. The van der Waals surface area contributed by atoms with E-state index in [9.17, 15) is 0 Å². The SMILES string of the molecule is CCNCc1cccc(Br)c1OCC1CCC(C)O1. The van der Waals surface area contributed by atoms with Crippen molar-refractivity contribution < 1.29 is 9.47 Å². The largest absolute Gasteiger partial charge is 0.489 e. The Morgan fingerprint density at radius 1 is 1.42 bits per heavy atom. The van der Waals surface area contributed by atoms with Crippen LogP contribution in [0, 0.1) is 0 Å². The molecule has 1 aromatic carbocycles. The van der Waals surface area contributed by atoms with Crippen LogP contribution in [0.15, 0.2) is 22.7 Å². The van der Waals surface area contributed by atoms with Gasteiger partial charge in [-0.05, 0) is 48.3 Å². The molecule has 0 aromatic heterocycles. The standard InChI is InChI=1S/C15H22BrNO2/c1-3-17-9-12-5-4-6-14(16)15(12)18-10-13-8-7-11(2)19-13/h4-6,11,13,17H,3,7-10H2,1-2H3. The average molecular weight is 328 g/mol. The molecule has 3 nitrogen and oxygen atoms in total. The van der Waals surface area contributed by atoms with E-state index in [1.807, 2.05) is 12.1 Å². The van der Waals surface area contributed by atoms with Crippen molar-refractivity contribution >= 4 is 15.9 Å². The van der Waals surface area contributed by atoms with E-state index in [4.69, 9.17) is 9.47 Å². The van der Waals surface area contributed by atoms with Crippen molar-refractivity contribution in [2.24, 2.45) is 0 Å². The fraction of sp³-hybridized carbons (Fsp3) is 0.600. The molecule has 0 spiro atoms. The molecule has 4 heteroatoms. The topological polar surface area (TPSA) is 30.5 Å². The van der Waals surface area contributed by atoms with Crippen LogP contribution in [-0.4, -0.2) is 25.4 Å². The average Bonchev–Trinajstić information content (AvgIpc) is 2.81. The Morgan fingerprint density at radius 2 is 2.26 bits per heavy atom. The summed E-state index contributed by atoms with van der Waals surface area (Å²) in [6.07, 6.45) is 2.82. The second kappa shape index (κ2) is 7.27. The number of benzene rings is 1. The van der Waals surface area contributed by atoms with E-state index in [0.717, 1.165) is 36.2 Å². The van der Waals surface area contributed by atoms with E-state index < -0.39 is 0 Å². The lowest BCUT2D eigenvalue weighted by Crippen LogP contribution is -2.19. The highest BCUT2D eigenvalue weighted by Gasteiger charge is 2.22. The lowest BCUT2D eigenvalue weighted by atomic mass is 10.2. The maximum absolute atomic E-state index is 5.99. The Kier molecular flexibility index (Phi) is 5.67. The summed E-state index contributed by atoms with van der Waals surface area (Å²) in [5, 5.41) is 3.34. The van der Waals surface area contributed by atoms with Gasteiger partial charge in [-0.3, -0.25) is 0 Å². The van der Waals surface area contributed by atoms with Crippen molar-refractivity contribution in [3.63, 3.8) is 0 Å². The van der Waals surface area contributed by atoms with Gasteiger partial charge in [0, 0.05) is 12.1 Å². The fourth-order valence-electron chi connectivity index (χ4n) is 2.30. The summed E-state index contributed by atoms with van der Waals surface area (Å²) in [7, 11) is 0. The number of hydrogen-bond acceptors (Lipinski definition) is 3. The molecule has 2 rings (SSSR count). The quantitative estimate of drug-likeness (QED) is 0.867. The molecule has 1 saturated heterocycles. The van der Waals surface area contributed by atoms with Crippen molar-refractivity contribution in [1.29, 1.82) is 0 Å². The molecule has 19 heavy (non-hydrogen) atoms. The van der Waals surface area contributed by atoms with Gasteiger partial charge in [0.1, 0.15) is 12.4 Å². The van der Waals surface area contributed by atoms with Crippen LogP contribution >= 0.6 is 15.9 Å². The minimum atomic E-state index is 0.231. The first-order chi connectivity index (χ1) is 9.20. The predicted molar refractivity (Wildman–Crippen MR) is 80.6 cm³/mol. The Hall–Kier alpha value is -0.580. The van der Waals surface area contributed by atoms with Gasteiger partial charge in [-0.25, -0.2) is 0 Å². The summed E-state index contributed by atoms with van der Waals surface area (Å²) >= 11 is 3.57. The molecule has 1 aromatic rings. The molecule has 2 unspecified atom stereocenters. The molecule has 0 radical (unpaired) electrons. The van der Waals surface area contributed by atoms with Gasteiger partial charge in [-0.2, -0.15) is 0 Å². The number of nitrogens with one attached hydrogen (secondary N) is 1. The van der Waals surface area contributed by atoms with Crippen LogP contribution in [-0.2, 0) is 11.3 Å². The van der Waals surface area contributed by atoms with E-state index in [-0.39, 0.29) is 6.10 Å². The van der Waals surface area contributed by atoms with Gasteiger partial charge in [0.25, 0.3) is 0 Å². The highest BCUT2D eigenvalue weighted by atomic mass is 79.9. The summed E-state index contributed by atoms with van der Waals surface area (Å²) in [6.45, 7) is 6.63. The van der Waals surface area contributed by atoms with Crippen LogP contribution < -0.4 is 10.1 Å².